The third-order valence-electron chi connectivity index (χ3n) is 3.35. The summed E-state index contributed by atoms with van der Waals surface area (Å²) < 4.78 is 5.11. The van der Waals surface area contributed by atoms with Crippen LogP contribution in [-0.2, 0) is 4.79 Å². The maximum atomic E-state index is 11.9. The Labute approximate surface area is 144 Å². The number of benzene rings is 2. The molecule has 1 amide bonds. The molecule has 0 aliphatic carbocycles. The first-order valence-electron chi connectivity index (χ1n) is 7.45. The van der Waals surface area contributed by atoms with Gasteiger partial charge in [-0.05, 0) is 19.1 Å². The molecule has 0 fully saturated rings. The van der Waals surface area contributed by atoms with E-state index in [0.717, 1.165) is 5.69 Å². The number of non-ortho nitro benzene ring substituents is 1. The van der Waals surface area contributed by atoms with Gasteiger partial charge in [0.25, 0.3) is 11.6 Å². The lowest BCUT2D eigenvalue weighted by molar-refractivity contribution is -0.384. The Balaban J connectivity index is 1.92. The molecular formula is C17H18N4O4. The standard InChI is InChI=1S/C17H18N4O4/c1-12(13-5-3-7-15(9-13)21(23)24)19-20-17(22)11-18-14-6-4-8-16(10-14)25-2/h3-10,18H,11H2,1-2H3,(H,20,22)/b19-12-. The second-order valence-corrected chi connectivity index (χ2v) is 5.13. The summed E-state index contributed by atoms with van der Waals surface area (Å²) in [5.41, 5.74) is 4.16. The van der Waals surface area contributed by atoms with E-state index < -0.39 is 4.92 Å². The van der Waals surface area contributed by atoms with E-state index in [2.05, 4.69) is 15.8 Å². The van der Waals surface area contributed by atoms with Gasteiger partial charge in [0.1, 0.15) is 5.75 Å². The first-order chi connectivity index (χ1) is 12.0. The van der Waals surface area contributed by atoms with Crippen molar-refractivity contribution in [1.29, 1.82) is 0 Å². The molecule has 2 rings (SSSR count). The number of nitro benzene ring substituents is 1. The SMILES string of the molecule is COc1cccc(NCC(=O)N/N=C(/C)c2cccc([N+](=O)[O-])c2)c1. The third-order valence-corrected chi connectivity index (χ3v) is 3.35. The molecule has 2 N–H and O–H groups in total. The molecule has 0 bridgehead atoms. The predicted molar refractivity (Wildman–Crippen MR) is 94.9 cm³/mol. The van der Waals surface area contributed by atoms with Gasteiger partial charge in [-0.25, -0.2) is 5.43 Å². The minimum Gasteiger partial charge on any atom is -0.497 e. The van der Waals surface area contributed by atoms with Crippen molar-refractivity contribution in [2.75, 3.05) is 19.0 Å². The molecule has 8 heteroatoms. The number of anilines is 1. The highest BCUT2D eigenvalue weighted by Gasteiger charge is 2.08. The summed E-state index contributed by atoms with van der Waals surface area (Å²) in [7, 11) is 1.57. The number of carbonyl (C=O) groups excluding carboxylic acids is 1. The van der Waals surface area contributed by atoms with Crippen LogP contribution in [0.1, 0.15) is 12.5 Å². The molecule has 130 valence electrons. The molecule has 2 aromatic carbocycles. The van der Waals surface area contributed by atoms with Crippen LogP contribution in [0.15, 0.2) is 53.6 Å². The van der Waals surface area contributed by atoms with Gasteiger partial charge in [-0.1, -0.05) is 18.2 Å². The largest absolute Gasteiger partial charge is 0.497 e. The zero-order valence-electron chi connectivity index (χ0n) is 13.9. The van der Waals surface area contributed by atoms with Gasteiger partial charge in [0.15, 0.2) is 0 Å². The smallest absolute Gasteiger partial charge is 0.270 e. The van der Waals surface area contributed by atoms with E-state index in [1.165, 1.54) is 12.1 Å². The van der Waals surface area contributed by atoms with Gasteiger partial charge in [0.05, 0.1) is 24.3 Å². The lowest BCUT2D eigenvalue weighted by Crippen LogP contribution is -2.26. The van der Waals surface area contributed by atoms with Crippen LogP contribution in [0.3, 0.4) is 0 Å². The van der Waals surface area contributed by atoms with Crippen molar-refractivity contribution in [2.45, 2.75) is 6.92 Å². The number of amides is 1. The Morgan fingerprint density at radius 2 is 2.00 bits per heavy atom. The second kappa shape index (κ2) is 8.44. The van der Waals surface area contributed by atoms with Crippen LogP contribution >= 0.6 is 0 Å². The van der Waals surface area contributed by atoms with Crippen LogP contribution in [-0.4, -0.2) is 30.2 Å². The first kappa shape index (κ1) is 17.9. The third kappa shape index (κ3) is 5.31. The molecule has 0 radical (unpaired) electrons. The quantitative estimate of drug-likeness (QED) is 0.457. The second-order valence-electron chi connectivity index (χ2n) is 5.13. The van der Waals surface area contributed by atoms with Crippen LogP contribution in [0.4, 0.5) is 11.4 Å². The zero-order chi connectivity index (χ0) is 18.2. The summed E-state index contributed by atoms with van der Waals surface area (Å²) in [4.78, 5) is 22.2. The number of methoxy groups -OCH3 is 1. The fourth-order valence-electron chi connectivity index (χ4n) is 2.01. The molecule has 0 unspecified atom stereocenters. The first-order valence-corrected chi connectivity index (χ1v) is 7.45. The number of hydrogen-bond donors (Lipinski definition) is 2. The van der Waals surface area contributed by atoms with Gasteiger partial charge in [0.2, 0.25) is 0 Å². The van der Waals surface area contributed by atoms with Crippen molar-refractivity contribution in [1.82, 2.24) is 5.43 Å². The minimum absolute atomic E-state index is 0.0267. The van der Waals surface area contributed by atoms with Crippen molar-refractivity contribution < 1.29 is 14.5 Å². The molecule has 8 nitrogen and oxygen atoms in total. The van der Waals surface area contributed by atoms with E-state index in [9.17, 15) is 14.9 Å². The van der Waals surface area contributed by atoms with E-state index >= 15 is 0 Å². The van der Waals surface area contributed by atoms with Gasteiger partial charge < -0.3 is 10.1 Å². The highest BCUT2D eigenvalue weighted by atomic mass is 16.6. The summed E-state index contributed by atoms with van der Waals surface area (Å²) >= 11 is 0. The van der Waals surface area contributed by atoms with Gasteiger partial charge >= 0.3 is 0 Å². The van der Waals surface area contributed by atoms with Crippen LogP contribution in [0.2, 0.25) is 0 Å². The molecule has 0 spiro atoms. The van der Waals surface area contributed by atoms with Gasteiger partial charge in [-0.3, -0.25) is 14.9 Å². The summed E-state index contributed by atoms with van der Waals surface area (Å²) in [6, 6.07) is 13.2. The van der Waals surface area contributed by atoms with Crippen LogP contribution in [0.25, 0.3) is 0 Å². The molecule has 0 saturated heterocycles. The topological polar surface area (TPSA) is 106 Å². The Bertz CT molecular complexity index is 805. The fourth-order valence-corrected chi connectivity index (χ4v) is 2.01. The average Bonchev–Trinajstić information content (AvgIpc) is 2.64. The molecule has 0 aromatic heterocycles. The highest BCUT2D eigenvalue weighted by Crippen LogP contribution is 2.16. The van der Waals surface area contributed by atoms with E-state index in [1.807, 2.05) is 12.1 Å². The number of nitrogens with zero attached hydrogens (tertiary/aromatic N) is 2. The Morgan fingerprint density at radius 1 is 1.24 bits per heavy atom. The number of nitrogens with one attached hydrogen (secondary N) is 2. The summed E-state index contributed by atoms with van der Waals surface area (Å²) in [5.74, 6) is 0.345. The van der Waals surface area contributed by atoms with Crippen molar-refractivity contribution in [2.24, 2.45) is 5.10 Å². The van der Waals surface area contributed by atoms with E-state index in [0.29, 0.717) is 17.0 Å². The van der Waals surface area contributed by atoms with E-state index in [4.69, 9.17) is 4.74 Å². The molecule has 2 aromatic rings. The summed E-state index contributed by atoms with van der Waals surface area (Å²) in [5, 5.41) is 17.7. The van der Waals surface area contributed by atoms with Crippen molar-refractivity contribution in [3.05, 3.63) is 64.2 Å². The van der Waals surface area contributed by atoms with Crippen LogP contribution < -0.4 is 15.5 Å². The number of nitro groups is 1. The van der Waals surface area contributed by atoms with Gasteiger partial charge in [0, 0.05) is 29.4 Å². The van der Waals surface area contributed by atoms with Gasteiger partial charge in [-0.2, -0.15) is 5.10 Å². The monoisotopic (exact) mass is 342 g/mol. The zero-order valence-corrected chi connectivity index (χ0v) is 13.9. The molecule has 0 saturated carbocycles. The number of carbonyl (C=O) groups is 1. The lowest BCUT2D eigenvalue weighted by Gasteiger charge is -2.07. The normalized spacial score (nSPS) is 10.9. The molecule has 25 heavy (non-hydrogen) atoms. The molecule has 0 atom stereocenters. The predicted octanol–water partition coefficient (Wildman–Crippen LogP) is 2.56. The number of hydrazone groups is 1. The number of rotatable bonds is 7. The molecule has 0 heterocycles. The number of hydrogen-bond acceptors (Lipinski definition) is 6. The summed E-state index contributed by atoms with van der Waals surface area (Å²) in [6.07, 6.45) is 0. The maximum absolute atomic E-state index is 11.9. The average molecular weight is 342 g/mol. The van der Waals surface area contributed by atoms with Crippen molar-refractivity contribution in [3.8, 4) is 5.75 Å². The van der Waals surface area contributed by atoms with E-state index in [-0.39, 0.29) is 18.1 Å². The number of ether oxygens (including phenoxy) is 1. The van der Waals surface area contributed by atoms with Crippen molar-refractivity contribution in [3.63, 3.8) is 0 Å². The highest BCUT2D eigenvalue weighted by molar-refractivity contribution is 5.99. The summed E-state index contributed by atoms with van der Waals surface area (Å²) in [6.45, 7) is 1.69. The Morgan fingerprint density at radius 3 is 2.72 bits per heavy atom. The Kier molecular flexibility index (Phi) is 6.05. The molecule has 0 aliphatic heterocycles. The Hall–Kier alpha value is -3.42. The van der Waals surface area contributed by atoms with Crippen LogP contribution in [0.5, 0.6) is 5.75 Å². The van der Waals surface area contributed by atoms with Gasteiger partial charge in [-0.15, -0.1) is 0 Å². The fraction of sp³-hybridized carbons (Fsp3) is 0.176. The maximum Gasteiger partial charge on any atom is 0.270 e. The van der Waals surface area contributed by atoms with E-state index in [1.54, 1.807) is 38.3 Å². The lowest BCUT2D eigenvalue weighted by atomic mass is 10.1. The van der Waals surface area contributed by atoms with Crippen molar-refractivity contribution >= 4 is 23.0 Å². The molecular weight excluding hydrogens is 324 g/mol. The van der Waals surface area contributed by atoms with Crippen LogP contribution in [0, 0.1) is 10.1 Å². The minimum atomic E-state index is -0.479. The molecule has 0 aliphatic rings.